The van der Waals surface area contributed by atoms with Crippen LogP contribution in [0, 0.1) is 5.82 Å². The molecule has 8 nitrogen and oxygen atoms in total. The van der Waals surface area contributed by atoms with E-state index in [4.69, 9.17) is 9.26 Å². The number of aryl methyl sites for hydroxylation is 1. The van der Waals surface area contributed by atoms with Gasteiger partial charge in [-0.1, -0.05) is 38.1 Å². The molecule has 0 aliphatic rings. The van der Waals surface area contributed by atoms with E-state index in [-0.39, 0.29) is 36.0 Å². The molecule has 0 radical (unpaired) electrons. The predicted octanol–water partition coefficient (Wildman–Crippen LogP) is 4.71. The first kappa shape index (κ1) is 23.5. The summed E-state index contributed by atoms with van der Waals surface area (Å²) in [6.45, 7) is 7.28. The second kappa shape index (κ2) is 9.99. The summed E-state index contributed by atoms with van der Waals surface area (Å²) >= 11 is 1.17. The number of nitrogens with zero attached hydrogens (tertiary/aromatic N) is 4. The molecule has 3 rings (SSSR count). The van der Waals surface area contributed by atoms with Gasteiger partial charge in [-0.25, -0.2) is 9.37 Å². The van der Waals surface area contributed by atoms with Crippen molar-refractivity contribution < 1.29 is 23.2 Å². The van der Waals surface area contributed by atoms with Crippen molar-refractivity contribution in [2.24, 2.45) is 0 Å². The molecule has 0 atom stereocenters. The number of anilines is 2. The van der Waals surface area contributed by atoms with E-state index in [9.17, 15) is 14.0 Å². The van der Waals surface area contributed by atoms with Crippen LogP contribution in [-0.4, -0.2) is 27.0 Å². The number of para-hydroxylation sites is 1. The number of amides is 1. The van der Waals surface area contributed by atoms with Crippen LogP contribution in [0.2, 0.25) is 0 Å². The molecule has 1 aromatic carbocycles. The second-order valence-electron chi connectivity index (χ2n) is 8.20. The van der Waals surface area contributed by atoms with Crippen molar-refractivity contribution in [3.63, 3.8) is 0 Å². The number of benzene rings is 1. The number of carbonyl (C=O) groups excluding carboxylic acids is 2. The van der Waals surface area contributed by atoms with E-state index < -0.39 is 5.82 Å². The molecule has 0 unspecified atom stereocenters. The summed E-state index contributed by atoms with van der Waals surface area (Å²) in [5.41, 5.74) is 0.401. The first-order chi connectivity index (χ1) is 15.1. The monoisotopic (exact) mass is 460 g/mol. The van der Waals surface area contributed by atoms with Crippen molar-refractivity contribution in [3.8, 4) is 0 Å². The third-order valence-corrected chi connectivity index (χ3v) is 5.31. The molecule has 0 fully saturated rings. The summed E-state index contributed by atoms with van der Waals surface area (Å²) in [6.07, 6.45) is 1.19. The van der Waals surface area contributed by atoms with Gasteiger partial charge in [-0.05, 0) is 18.6 Å². The quantitative estimate of drug-likeness (QED) is 0.449. The minimum Gasteiger partial charge on any atom is -0.459 e. The molecule has 32 heavy (non-hydrogen) atoms. The molecular weight excluding hydrogens is 435 g/mol. The Hall–Kier alpha value is -3.14. The van der Waals surface area contributed by atoms with E-state index in [1.165, 1.54) is 35.3 Å². The van der Waals surface area contributed by atoms with Crippen LogP contribution in [0.4, 0.5) is 15.2 Å². The SMILES string of the molecule is CC(=O)N(c1nc(COC(=O)CCCc2nc(C(C)(C)C)no2)cs1)c1ccccc1F. The molecule has 0 saturated carbocycles. The summed E-state index contributed by atoms with van der Waals surface area (Å²) in [4.78, 5) is 34.0. The van der Waals surface area contributed by atoms with Crippen LogP contribution in [0.3, 0.4) is 0 Å². The maximum atomic E-state index is 14.1. The molecule has 0 saturated heterocycles. The number of halogens is 1. The smallest absolute Gasteiger partial charge is 0.306 e. The minimum absolute atomic E-state index is 0.0346. The molecule has 0 N–H and O–H groups in total. The Morgan fingerprint density at radius 2 is 1.97 bits per heavy atom. The minimum atomic E-state index is -0.526. The Labute approximate surface area is 189 Å². The van der Waals surface area contributed by atoms with E-state index in [1.54, 1.807) is 17.5 Å². The van der Waals surface area contributed by atoms with Gasteiger partial charge in [0.25, 0.3) is 0 Å². The van der Waals surface area contributed by atoms with Gasteiger partial charge in [-0.15, -0.1) is 11.3 Å². The number of ether oxygens (including phenoxy) is 1. The van der Waals surface area contributed by atoms with Crippen LogP contribution in [0.5, 0.6) is 0 Å². The third kappa shape index (κ3) is 5.97. The molecule has 0 bridgehead atoms. The summed E-state index contributed by atoms with van der Waals surface area (Å²) < 4.78 is 24.6. The molecule has 2 heterocycles. The van der Waals surface area contributed by atoms with E-state index in [1.807, 2.05) is 20.8 Å². The van der Waals surface area contributed by atoms with Crippen LogP contribution >= 0.6 is 11.3 Å². The number of rotatable bonds is 8. The van der Waals surface area contributed by atoms with E-state index in [0.29, 0.717) is 35.4 Å². The van der Waals surface area contributed by atoms with Gasteiger partial charge >= 0.3 is 5.97 Å². The maximum Gasteiger partial charge on any atom is 0.306 e. The molecule has 170 valence electrons. The van der Waals surface area contributed by atoms with Gasteiger partial charge in [-0.3, -0.25) is 14.5 Å². The highest BCUT2D eigenvalue weighted by atomic mass is 32.1. The van der Waals surface area contributed by atoms with Crippen molar-refractivity contribution in [1.82, 2.24) is 15.1 Å². The fraction of sp³-hybridized carbons (Fsp3) is 0.409. The van der Waals surface area contributed by atoms with Gasteiger partial charge in [0, 0.05) is 30.6 Å². The lowest BCUT2D eigenvalue weighted by molar-refractivity contribution is -0.145. The number of hydrogen-bond acceptors (Lipinski definition) is 8. The van der Waals surface area contributed by atoms with Gasteiger partial charge in [0.1, 0.15) is 12.4 Å². The number of carbonyl (C=O) groups is 2. The summed E-state index contributed by atoms with van der Waals surface area (Å²) in [7, 11) is 0. The van der Waals surface area contributed by atoms with Crippen molar-refractivity contribution in [1.29, 1.82) is 0 Å². The van der Waals surface area contributed by atoms with Crippen LogP contribution in [0.15, 0.2) is 34.2 Å². The van der Waals surface area contributed by atoms with E-state index in [0.717, 1.165) is 0 Å². The Kier molecular flexibility index (Phi) is 7.34. The Morgan fingerprint density at radius 3 is 2.62 bits per heavy atom. The molecular formula is C22H25FN4O4S. The van der Waals surface area contributed by atoms with Crippen molar-refractivity contribution in [2.75, 3.05) is 4.90 Å². The van der Waals surface area contributed by atoms with Crippen molar-refractivity contribution in [3.05, 3.63) is 52.9 Å². The first-order valence-corrected chi connectivity index (χ1v) is 11.0. The van der Waals surface area contributed by atoms with Crippen molar-refractivity contribution in [2.45, 2.75) is 59.0 Å². The molecule has 0 spiro atoms. The highest BCUT2D eigenvalue weighted by Gasteiger charge is 2.22. The normalized spacial score (nSPS) is 11.4. The zero-order valence-corrected chi connectivity index (χ0v) is 19.2. The number of thiazole rings is 1. The predicted molar refractivity (Wildman–Crippen MR) is 117 cm³/mol. The van der Waals surface area contributed by atoms with Crippen molar-refractivity contribution >= 4 is 34.0 Å². The number of esters is 1. The summed E-state index contributed by atoms with van der Waals surface area (Å²) in [6, 6.07) is 5.97. The zero-order valence-electron chi connectivity index (χ0n) is 18.4. The largest absolute Gasteiger partial charge is 0.459 e. The third-order valence-electron chi connectivity index (χ3n) is 4.43. The highest BCUT2D eigenvalue weighted by molar-refractivity contribution is 7.14. The van der Waals surface area contributed by atoms with Gasteiger partial charge in [-0.2, -0.15) is 4.98 Å². The van der Waals surface area contributed by atoms with Crippen LogP contribution in [0.1, 0.15) is 57.9 Å². The number of hydrogen-bond donors (Lipinski definition) is 0. The summed E-state index contributed by atoms with van der Waals surface area (Å²) in [5, 5.41) is 5.93. The average Bonchev–Trinajstić information content (AvgIpc) is 3.38. The van der Waals surface area contributed by atoms with Gasteiger partial charge in [0.05, 0.1) is 11.4 Å². The fourth-order valence-electron chi connectivity index (χ4n) is 2.78. The fourth-order valence-corrected chi connectivity index (χ4v) is 3.64. The van der Waals surface area contributed by atoms with Gasteiger partial charge in [0.2, 0.25) is 11.8 Å². The lowest BCUT2D eigenvalue weighted by atomic mass is 9.96. The Bertz CT molecular complexity index is 1090. The topological polar surface area (TPSA) is 98.4 Å². The first-order valence-electron chi connectivity index (χ1n) is 10.1. The molecule has 0 aliphatic heterocycles. The zero-order chi connectivity index (χ0) is 23.3. The molecule has 2 aromatic heterocycles. The van der Waals surface area contributed by atoms with Gasteiger partial charge < -0.3 is 9.26 Å². The second-order valence-corrected chi connectivity index (χ2v) is 9.04. The standard InChI is InChI=1S/C22H25FN4O4S/c1-14(28)27(17-9-6-5-8-16(17)23)21-24-15(13-32-21)12-30-19(29)11-7-10-18-25-20(26-31-18)22(2,3)4/h5-6,8-9,13H,7,10-12H2,1-4H3. The Balaban J connectivity index is 1.51. The Morgan fingerprint density at radius 1 is 1.22 bits per heavy atom. The van der Waals surface area contributed by atoms with Crippen LogP contribution in [-0.2, 0) is 32.8 Å². The van der Waals surface area contributed by atoms with E-state index in [2.05, 4.69) is 15.1 Å². The lowest BCUT2D eigenvalue weighted by Gasteiger charge is -2.18. The van der Waals surface area contributed by atoms with Crippen LogP contribution < -0.4 is 4.90 Å². The summed E-state index contributed by atoms with van der Waals surface area (Å²) in [5.74, 6) is -0.160. The van der Waals surface area contributed by atoms with Crippen LogP contribution in [0.25, 0.3) is 0 Å². The molecule has 1 amide bonds. The molecule has 3 aromatic rings. The highest BCUT2D eigenvalue weighted by Crippen LogP contribution is 2.30. The molecule has 0 aliphatic carbocycles. The van der Waals surface area contributed by atoms with Gasteiger partial charge in [0.15, 0.2) is 11.0 Å². The maximum absolute atomic E-state index is 14.1. The average molecular weight is 461 g/mol. The number of aromatic nitrogens is 3. The lowest BCUT2D eigenvalue weighted by Crippen LogP contribution is -2.23. The van der Waals surface area contributed by atoms with E-state index >= 15 is 0 Å². The molecule has 10 heteroatoms.